The van der Waals surface area contributed by atoms with Gasteiger partial charge in [-0.2, -0.15) is 4.31 Å². The summed E-state index contributed by atoms with van der Waals surface area (Å²) in [4.78, 5) is 24.8. The lowest BCUT2D eigenvalue weighted by atomic mass is 10.1. The first-order chi connectivity index (χ1) is 13.8. The van der Waals surface area contributed by atoms with Crippen LogP contribution in [0.25, 0.3) is 0 Å². The van der Waals surface area contributed by atoms with Crippen molar-refractivity contribution in [3.63, 3.8) is 0 Å². The third-order valence-electron chi connectivity index (χ3n) is 4.96. The first-order valence-electron chi connectivity index (χ1n) is 9.44. The maximum absolute atomic E-state index is 13.1. The van der Waals surface area contributed by atoms with Crippen LogP contribution in [0.5, 0.6) is 0 Å². The zero-order valence-electron chi connectivity index (χ0n) is 16.5. The molecular weight excluding hydrogens is 392 g/mol. The summed E-state index contributed by atoms with van der Waals surface area (Å²) in [7, 11) is -2.41. The van der Waals surface area contributed by atoms with Gasteiger partial charge < -0.3 is 10.1 Å². The lowest BCUT2D eigenvalue weighted by Crippen LogP contribution is -2.36. The van der Waals surface area contributed by atoms with E-state index in [0.29, 0.717) is 24.3 Å². The third kappa shape index (κ3) is 4.49. The van der Waals surface area contributed by atoms with Crippen molar-refractivity contribution in [2.24, 2.45) is 0 Å². The topological polar surface area (TPSA) is 92.8 Å². The molecule has 0 saturated carbocycles. The second kappa shape index (κ2) is 8.75. The molecule has 1 aliphatic rings. The van der Waals surface area contributed by atoms with E-state index in [0.717, 1.165) is 19.3 Å². The molecule has 0 aromatic heterocycles. The molecule has 1 heterocycles. The van der Waals surface area contributed by atoms with E-state index < -0.39 is 21.9 Å². The van der Waals surface area contributed by atoms with E-state index in [2.05, 4.69) is 5.32 Å². The number of rotatable bonds is 5. The number of hydrogen-bond acceptors (Lipinski definition) is 5. The molecule has 1 amide bonds. The molecule has 2 aromatic rings. The van der Waals surface area contributed by atoms with Crippen LogP contribution in [0.4, 0.5) is 5.69 Å². The quantitative estimate of drug-likeness (QED) is 0.756. The molecule has 154 valence electrons. The zero-order valence-corrected chi connectivity index (χ0v) is 17.3. The molecule has 1 fully saturated rings. The van der Waals surface area contributed by atoms with Gasteiger partial charge in [0.2, 0.25) is 10.0 Å². The van der Waals surface area contributed by atoms with Crippen molar-refractivity contribution < 1.29 is 22.7 Å². The first-order valence-corrected chi connectivity index (χ1v) is 10.9. The summed E-state index contributed by atoms with van der Waals surface area (Å²) < 4.78 is 32.3. The van der Waals surface area contributed by atoms with Crippen LogP contribution in [0, 0.1) is 6.92 Å². The Labute approximate surface area is 170 Å². The van der Waals surface area contributed by atoms with Crippen molar-refractivity contribution in [3.05, 3.63) is 59.2 Å². The van der Waals surface area contributed by atoms with Crippen molar-refractivity contribution in [3.8, 4) is 0 Å². The second-order valence-electron chi connectivity index (χ2n) is 6.94. The largest absolute Gasteiger partial charge is 0.465 e. The summed E-state index contributed by atoms with van der Waals surface area (Å²) in [5.74, 6) is -1.07. The van der Waals surface area contributed by atoms with Crippen LogP contribution in [0.3, 0.4) is 0 Å². The SMILES string of the molecule is COC(=O)c1ccccc1NC(=O)c1ccc(C)c(S(=O)(=O)N2CCCCC2)c1. The maximum Gasteiger partial charge on any atom is 0.339 e. The monoisotopic (exact) mass is 416 g/mol. The number of para-hydroxylation sites is 1. The van der Waals surface area contributed by atoms with Crippen molar-refractivity contribution >= 4 is 27.6 Å². The smallest absolute Gasteiger partial charge is 0.339 e. The van der Waals surface area contributed by atoms with Gasteiger partial charge in [0.1, 0.15) is 0 Å². The Morgan fingerprint density at radius 3 is 2.41 bits per heavy atom. The Bertz CT molecular complexity index is 1030. The van der Waals surface area contributed by atoms with Crippen LogP contribution in [0.2, 0.25) is 0 Å². The highest BCUT2D eigenvalue weighted by molar-refractivity contribution is 7.89. The molecule has 0 aliphatic carbocycles. The van der Waals surface area contributed by atoms with Crippen molar-refractivity contribution in [2.45, 2.75) is 31.1 Å². The number of sulfonamides is 1. The van der Waals surface area contributed by atoms with E-state index in [1.54, 1.807) is 43.3 Å². The number of methoxy groups -OCH3 is 1. The van der Waals surface area contributed by atoms with Gasteiger partial charge >= 0.3 is 5.97 Å². The number of carbonyl (C=O) groups is 2. The highest BCUT2D eigenvalue weighted by atomic mass is 32.2. The molecule has 1 aliphatic heterocycles. The van der Waals surface area contributed by atoms with E-state index in [9.17, 15) is 18.0 Å². The molecule has 8 heteroatoms. The molecule has 0 radical (unpaired) electrons. The van der Waals surface area contributed by atoms with Crippen molar-refractivity contribution in [1.82, 2.24) is 4.31 Å². The van der Waals surface area contributed by atoms with Gasteiger partial charge in [0, 0.05) is 18.7 Å². The van der Waals surface area contributed by atoms with Crippen molar-refractivity contribution in [1.29, 1.82) is 0 Å². The number of benzene rings is 2. The molecule has 0 bridgehead atoms. The summed E-state index contributed by atoms with van der Waals surface area (Å²) in [6.07, 6.45) is 2.69. The minimum Gasteiger partial charge on any atom is -0.465 e. The molecule has 1 saturated heterocycles. The lowest BCUT2D eigenvalue weighted by Gasteiger charge is -2.26. The van der Waals surface area contributed by atoms with Crippen LogP contribution < -0.4 is 5.32 Å². The summed E-state index contributed by atoms with van der Waals surface area (Å²) in [5.41, 5.74) is 1.30. The number of aryl methyl sites for hydroxylation is 1. The highest BCUT2D eigenvalue weighted by Crippen LogP contribution is 2.25. The van der Waals surface area contributed by atoms with E-state index in [1.807, 2.05) is 0 Å². The average Bonchev–Trinajstić information content (AvgIpc) is 2.74. The van der Waals surface area contributed by atoms with Crippen LogP contribution in [0.15, 0.2) is 47.4 Å². The number of nitrogens with one attached hydrogen (secondary N) is 1. The maximum atomic E-state index is 13.1. The van der Waals surface area contributed by atoms with E-state index in [4.69, 9.17) is 4.74 Å². The van der Waals surface area contributed by atoms with Crippen LogP contribution >= 0.6 is 0 Å². The van der Waals surface area contributed by atoms with Gasteiger partial charge in [-0.1, -0.05) is 24.6 Å². The normalized spacial score (nSPS) is 15.0. The first kappa shape index (κ1) is 21.0. The van der Waals surface area contributed by atoms with Gasteiger partial charge in [-0.05, 0) is 49.6 Å². The zero-order chi connectivity index (χ0) is 21.0. The van der Waals surface area contributed by atoms with E-state index >= 15 is 0 Å². The molecule has 1 N–H and O–H groups in total. The van der Waals surface area contributed by atoms with Gasteiger partial charge in [-0.15, -0.1) is 0 Å². The predicted molar refractivity (Wildman–Crippen MR) is 110 cm³/mol. The van der Waals surface area contributed by atoms with Gasteiger partial charge in [0.05, 0.1) is 23.3 Å². The molecule has 2 aromatic carbocycles. The molecule has 3 rings (SSSR count). The fraction of sp³-hybridized carbons (Fsp3) is 0.333. The van der Waals surface area contributed by atoms with Gasteiger partial charge in [-0.3, -0.25) is 4.79 Å². The molecule has 29 heavy (non-hydrogen) atoms. The fourth-order valence-corrected chi connectivity index (χ4v) is 5.11. The number of piperidine rings is 1. The summed E-state index contributed by atoms with van der Waals surface area (Å²) in [6.45, 7) is 2.69. The number of ether oxygens (including phenoxy) is 1. The lowest BCUT2D eigenvalue weighted by molar-refractivity contribution is 0.0602. The highest BCUT2D eigenvalue weighted by Gasteiger charge is 2.28. The Morgan fingerprint density at radius 2 is 1.72 bits per heavy atom. The van der Waals surface area contributed by atoms with Crippen LogP contribution in [-0.2, 0) is 14.8 Å². The van der Waals surface area contributed by atoms with E-state index in [1.165, 1.54) is 17.5 Å². The van der Waals surface area contributed by atoms with Gasteiger partial charge in [0.25, 0.3) is 5.91 Å². The summed E-state index contributed by atoms with van der Waals surface area (Å²) in [6, 6.07) is 11.1. The minimum absolute atomic E-state index is 0.133. The van der Waals surface area contributed by atoms with E-state index in [-0.39, 0.29) is 16.0 Å². The Morgan fingerprint density at radius 1 is 1.03 bits per heavy atom. The van der Waals surface area contributed by atoms with Crippen molar-refractivity contribution in [2.75, 3.05) is 25.5 Å². The van der Waals surface area contributed by atoms with Gasteiger partial charge in [-0.25, -0.2) is 13.2 Å². The third-order valence-corrected chi connectivity index (χ3v) is 7.00. The molecular formula is C21H24N2O5S. The average molecular weight is 416 g/mol. The predicted octanol–water partition coefficient (Wildman–Crippen LogP) is 3.21. The number of hydrogen-bond donors (Lipinski definition) is 1. The van der Waals surface area contributed by atoms with Crippen LogP contribution in [-0.4, -0.2) is 44.8 Å². The Kier molecular flexibility index (Phi) is 6.34. The number of esters is 1. The Hall–Kier alpha value is -2.71. The molecule has 7 nitrogen and oxygen atoms in total. The molecule has 0 spiro atoms. The molecule has 0 atom stereocenters. The standard InChI is InChI=1S/C21H24N2O5S/c1-15-10-11-16(14-19(15)29(26,27)23-12-6-3-7-13-23)20(24)22-18-9-5-4-8-17(18)21(25)28-2/h4-5,8-11,14H,3,6-7,12-13H2,1-2H3,(H,22,24). The number of anilines is 1. The number of nitrogens with zero attached hydrogens (tertiary/aromatic N) is 1. The molecule has 0 unspecified atom stereocenters. The number of carbonyl (C=O) groups excluding carboxylic acids is 2. The second-order valence-corrected chi connectivity index (χ2v) is 8.84. The van der Waals surface area contributed by atoms with Gasteiger partial charge in [0.15, 0.2) is 0 Å². The summed E-state index contributed by atoms with van der Waals surface area (Å²) >= 11 is 0. The van der Waals surface area contributed by atoms with Crippen LogP contribution in [0.1, 0.15) is 45.5 Å². The summed E-state index contributed by atoms with van der Waals surface area (Å²) in [5, 5.41) is 2.67. The number of amides is 1. The fourth-order valence-electron chi connectivity index (χ4n) is 3.34. The minimum atomic E-state index is -3.67. The Balaban J connectivity index is 1.90.